The van der Waals surface area contributed by atoms with Crippen molar-refractivity contribution in [1.29, 1.82) is 0 Å². The molecule has 29 heavy (non-hydrogen) atoms. The first-order valence-corrected chi connectivity index (χ1v) is 8.69. The number of aromatic nitrogens is 2. The number of alkyl halides is 3. The average Bonchev–Trinajstić information content (AvgIpc) is 2.95. The normalized spacial score (nSPS) is 11.4. The quantitative estimate of drug-likeness (QED) is 0.490. The van der Waals surface area contributed by atoms with Crippen molar-refractivity contribution in [3.8, 4) is 5.69 Å². The molecule has 3 rings (SSSR count). The van der Waals surface area contributed by atoms with Crippen molar-refractivity contribution in [1.82, 2.24) is 15.2 Å². The van der Waals surface area contributed by atoms with Crippen molar-refractivity contribution in [2.75, 3.05) is 5.43 Å². The van der Waals surface area contributed by atoms with Crippen LogP contribution >= 0.6 is 0 Å². The molecule has 0 aliphatic heterocycles. The van der Waals surface area contributed by atoms with Crippen LogP contribution in [0.2, 0.25) is 0 Å². The Bertz CT molecular complexity index is 1030. The van der Waals surface area contributed by atoms with Gasteiger partial charge in [-0.15, -0.1) is 0 Å². The van der Waals surface area contributed by atoms with Gasteiger partial charge in [0.2, 0.25) is 5.91 Å². The molecular formula is C20H18F4N4O. The third kappa shape index (κ3) is 4.56. The lowest BCUT2D eigenvalue weighted by molar-refractivity contribution is -0.137. The Morgan fingerprint density at radius 3 is 2.38 bits per heavy atom. The highest BCUT2D eigenvalue weighted by Crippen LogP contribution is 2.34. The summed E-state index contributed by atoms with van der Waals surface area (Å²) in [6.07, 6.45) is -4.63. The van der Waals surface area contributed by atoms with Crippen molar-refractivity contribution >= 4 is 11.6 Å². The van der Waals surface area contributed by atoms with E-state index < -0.39 is 17.6 Å². The largest absolute Gasteiger partial charge is 0.418 e. The Balaban J connectivity index is 1.73. The molecule has 1 amide bonds. The van der Waals surface area contributed by atoms with Crippen molar-refractivity contribution in [3.63, 3.8) is 0 Å². The minimum Gasteiger partial charge on any atom is -0.298 e. The molecule has 0 unspecified atom stereocenters. The molecule has 0 atom stereocenters. The Labute approximate surface area is 164 Å². The van der Waals surface area contributed by atoms with E-state index in [2.05, 4.69) is 16.0 Å². The molecule has 0 radical (unpaired) electrons. The summed E-state index contributed by atoms with van der Waals surface area (Å²) >= 11 is 0. The number of rotatable bonds is 5. The molecule has 2 N–H and O–H groups in total. The van der Waals surface area contributed by atoms with Crippen molar-refractivity contribution in [2.24, 2.45) is 0 Å². The number of carbonyl (C=O) groups excluding carboxylic acids is 1. The lowest BCUT2D eigenvalue weighted by atomic mass is 10.1. The van der Waals surface area contributed by atoms with Crippen LogP contribution in [0.5, 0.6) is 0 Å². The molecule has 0 aliphatic rings. The van der Waals surface area contributed by atoms with Crippen LogP contribution in [-0.4, -0.2) is 15.7 Å². The maximum absolute atomic E-state index is 13.1. The van der Waals surface area contributed by atoms with Gasteiger partial charge in [-0.2, -0.15) is 18.3 Å². The van der Waals surface area contributed by atoms with E-state index in [1.807, 2.05) is 0 Å². The van der Waals surface area contributed by atoms with Crippen molar-refractivity contribution < 1.29 is 22.4 Å². The molecule has 3 aromatic rings. The van der Waals surface area contributed by atoms with Crippen molar-refractivity contribution in [2.45, 2.75) is 26.4 Å². The van der Waals surface area contributed by atoms with E-state index in [1.54, 1.807) is 30.7 Å². The maximum Gasteiger partial charge on any atom is 0.418 e. The second-order valence-corrected chi connectivity index (χ2v) is 6.43. The van der Waals surface area contributed by atoms with Gasteiger partial charge in [0.25, 0.3) is 0 Å². The summed E-state index contributed by atoms with van der Waals surface area (Å²) in [6.45, 7) is 3.49. The first-order valence-electron chi connectivity index (χ1n) is 8.69. The number of nitrogens with one attached hydrogen (secondary N) is 2. The smallest absolute Gasteiger partial charge is 0.298 e. The Hall–Kier alpha value is -3.36. The van der Waals surface area contributed by atoms with Gasteiger partial charge in [0, 0.05) is 11.3 Å². The van der Waals surface area contributed by atoms with Crippen LogP contribution in [0, 0.1) is 19.7 Å². The van der Waals surface area contributed by atoms with Crippen LogP contribution in [0.15, 0.2) is 48.5 Å². The number of anilines is 1. The monoisotopic (exact) mass is 406 g/mol. The fraction of sp³-hybridized carbons (Fsp3) is 0.200. The summed E-state index contributed by atoms with van der Waals surface area (Å²) < 4.78 is 53.8. The van der Waals surface area contributed by atoms with Gasteiger partial charge in [-0.05, 0) is 50.2 Å². The van der Waals surface area contributed by atoms with Crippen molar-refractivity contribution in [3.05, 3.63) is 76.9 Å². The van der Waals surface area contributed by atoms with Crippen LogP contribution in [0.3, 0.4) is 0 Å². The van der Waals surface area contributed by atoms with Crippen LogP contribution in [-0.2, 0) is 17.4 Å². The van der Waals surface area contributed by atoms with Crippen LogP contribution in [0.4, 0.5) is 23.2 Å². The van der Waals surface area contributed by atoms with E-state index in [9.17, 15) is 22.4 Å². The van der Waals surface area contributed by atoms with Crippen LogP contribution in [0.25, 0.3) is 5.69 Å². The highest BCUT2D eigenvalue weighted by Gasteiger charge is 2.33. The van der Waals surface area contributed by atoms with Gasteiger partial charge in [-0.25, -0.2) is 9.07 Å². The molecule has 0 saturated heterocycles. The van der Waals surface area contributed by atoms with Gasteiger partial charge in [-0.1, -0.05) is 12.1 Å². The predicted molar refractivity (Wildman–Crippen MR) is 99.9 cm³/mol. The zero-order chi connectivity index (χ0) is 21.2. The number of amides is 1. The molecule has 5 nitrogen and oxygen atoms in total. The summed E-state index contributed by atoms with van der Waals surface area (Å²) in [5, 5.41) is 4.37. The Kier molecular flexibility index (Phi) is 5.58. The van der Waals surface area contributed by atoms with Gasteiger partial charge in [0.15, 0.2) is 0 Å². The predicted octanol–water partition coefficient (Wildman–Crippen LogP) is 4.33. The van der Waals surface area contributed by atoms with E-state index in [-0.39, 0.29) is 17.9 Å². The van der Waals surface area contributed by atoms with Gasteiger partial charge in [0.05, 0.1) is 29.1 Å². The van der Waals surface area contributed by atoms with E-state index in [1.165, 1.54) is 30.3 Å². The molecule has 0 bridgehead atoms. The van der Waals surface area contributed by atoms with E-state index >= 15 is 0 Å². The van der Waals surface area contributed by atoms with Crippen LogP contribution < -0.4 is 10.9 Å². The molecule has 0 aliphatic carbocycles. The summed E-state index contributed by atoms with van der Waals surface area (Å²) in [7, 11) is 0. The number of carbonyl (C=O) groups is 1. The molecule has 0 spiro atoms. The molecule has 152 valence electrons. The minimum absolute atomic E-state index is 0.0833. The minimum atomic E-state index is -4.54. The lowest BCUT2D eigenvalue weighted by Gasteiger charge is -2.15. The number of aryl methyl sites for hydroxylation is 1. The zero-order valence-electron chi connectivity index (χ0n) is 15.6. The van der Waals surface area contributed by atoms with Gasteiger partial charge < -0.3 is 0 Å². The summed E-state index contributed by atoms with van der Waals surface area (Å²) in [4.78, 5) is 12.3. The number of halogens is 4. The zero-order valence-corrected chi connectivity index (χ0v) is 15.6. The summed E-state index contributed by atoms with van der Waals surface area (Å²) in [6, 6.07) is 10.6. The Morgan fingerprint density at radius 2 is 1.72 bits per heavy atom. The molecule has 0 saturated carbocycles. The van der Waals surface area contributed by atoms with E-state index in [0.717, 1.165) is 6.07 Å². The Morgan fingerprint density at radius 1 is 1.07 bits per heavy atom. The molecule has 9 heteroatoms. The molecular weight excluding hydrogens is 388 g/mol. The average molecular weight is 406 g/mol. The van der Waals surface area contributed by atoms with E-state index in [0.29, 0.717) is 22.6 Å². The number of hydrazine groups is 1. The van der Waals surface area contributed by atoms with Gasteiger partial charge >= 0.3 is 6.18 Å². The summed E-state index contributed by atoms with van der Waals surface area (Å²) in [5.41, 5.74) is 6.05. The third-order valence-corrected chi connectivity index (χ3v) is 4.42. The van der Waals surface area contributed by atoms with Crippen LogP contribution in [0.1, 0.15) is 22.5 Å². The third-order valence-electron chi connectivity index (χ3n) is 4.42. The van der Waals surface area contributed by atoms with Gasteiger partial charge in [-0.3, -0.25) is 15.6 Å². The number of para-hydroxylation sites is 1. The fourth-order valence-corrected chi connectivity index (χ4v) is 2.95. The number of hydrogen-bond donors (Lipinski definition) is 2. The molecule has 0 fully saturated rings. The molecule has 2 aromatic carbocycles. The maximum atomic E-state index is 13.1. The number of benzene rings is 2. The number of nitrogens with zero attached hydrogens (tertiary/aromatic N) is 2. The topological polar surface area (TPSA) is 59.0 Å². The molecule has 1 aromatic heterocycles. The second kappa shape index (κ2) is 7.94. The van der Waals surface area contributed by atoms with E-state index in [4.69, 9.17) is 0 Å². The highest BCUT2D eigenvalue weighted by molar-refractivity contribution is 5.80. The SMILES string of the molecule is Cc1nn(-c2ccc(F)cc2)c(C)c1CC(=O)NNc1ccccc1C(F)(F)F. The first kappa shape index (κ1) is 20.4. The fourth-order valence-electron chi connectivity index (χ4n) is 2.95. The highest BCUT2D eigenvalue weighted by atomic mass is 19.4. The standard InChI is InChI=1S/C20H18F4N4O/c1-12-16(13(2)28(27-12)15-9-7-14(21)8-10-15)11-19(29)26-25-18-6-4-3-5-17(18)20(22,23)24/h3-10,25H,11H2,1-2H3,(H,26,29). The molecule has 1 heterocycles. The number of hydrogen-bond acceptors (Lipinski definition) is 3. The summed E-state index contributed by atoms with van der Waals surface area (Å²) in [5.74, 6) is -0.896. The first-order chi connectivity index (χ1) is 13.7. The lowest BCUT2D eigenvalue weighted by Crippen LogP contribution is -2.32. The van der Waals surface area contributed by atoms with Gasteiger partial charge in [0.1, 0.15) is 5.82 Å². The second-order valence-electron chi connectivity index (χ2n) is 6.43.